The van der Waals surface area contributed by atoms with E-state index in [1.165, 1.54) is 29.3 Å². The minimum absolute atomic E-state index is 0.0210. The maximum Gasteiger partial charge on any atom is 0.290 e. The van der Waals surface area contributed by atoms with Crippen LogP contribution in [0.5, 0.6) is 0 Å². The molecular weight excluding hydrogens is 401 g/mol. The van der Waals surface area contributed by atoms with Crippen LogP contribution in [0.15, 0.2) is 53.7 Å². The van der Waals surface area contributed by atoms with Gasteiger partial charge >= 0.3 is 0 Å². The van der Waals surface area contributed by atoms with Crippen molar-refractivity contribution in [2.24, 2.45) is 0 Å². The first-order chi connectivity index (χ1) is 13.9. The molecule has 0 bridgehead atoms. The number of H-pyrrole nitrogens is 1. The van der Waals surface area contributed by atoms with Gasteiger partial charge in [-0.15, -0.1) is 0 Å². The molecule has 5 nitrogen and oxygen atoms in total. The number of hydrogen-bond acceptors (Lipinski definition) is 4. The molecule has 152 valence electrons. The Morgan fingerprint density at radius 2 is 2.07 bits per heavy atom. The van der Waals surface area contributed by atoms with E-state index in [2.05, 4.69) is 15.2 Å². The highest BCUT2D eigenvalue weighted by atomic mass is 32.2. The summed E-state index contributed by atoms with van der Waals surface area (Å²) in [5, 5.41) is 7.13. The summed E-state index contributed by atoms with van der Waals surface area (Å²) in [6.45, 7) is 0.431. The van der Waals surface area contributed by atoms with Crippen molar-refractivity contribution in [3.05, 3.63) is 65.7 Å². The van der Waals surface area contributed by atoms with E-state index >= 15 is 0 Å². The highest BCUT2D eigenvalue weighted by Gasteiger charge is 2.19. The van der Waals surface area contributed by atoms with Gasteiger partial charge in [0.2, 0.25) is 0 Å². The van der Waals surface area contributed by atoms with Gasteiger partial charge in [-0.1, -0.05) is 12.1 Å². The Kier molecular flexibility index (Phi) is 6.92. The van der Waals surface area contributed by atoms with Gasteiger partial charge in [0.25, 0.3) is 11.7 Å². The van der Waals surface area contributed by atoms with Crippen molar-refractivity contribution in [1.82, 2.24) is 20.1 Å². The molecule has 1 N–H and O–H groups in total. The summed E-state index contributed by atoms with van der Waals surface area (Å²) < 4.78 is 38.7. The minimum atomic E-state index is -2.64. The van der Waals surface area contributed by atoms with Crippen LogP contribution in [0, 0.1) is 5.82 Å². The molecule has 29 heavy (non-hydrogen) atoms. The number of halogens is 3. The van der Waals surface area contributed by atoms with Gasteiger partial charge in [0.1, 0.15) is 10.8 Å². The first-order valence-electron chi connectivity index (χ1n) is 8.89. The molecule has 0 unspecified atom stereocenters. The molecule has 3 aromatic rings. The third kappa shape index (κ3) is 5.60. The van der Waals surface area contributed by atoms with Crippen LogP contribution in [0.1, 0.15) is 22.5 Å². The Labute approximate surface area is 170 Å². The lowest BCUT2D eigenvalue weighted by Gasteiger charge is -2.18. The number of amides is 1. The van der Waals surface area contributed by atoms with E-state index in [4.69, 9.17) is 0 Å². The van der Waals surface area contributed by atoms with Crippen LogP contribution in [0.3, 0.4) is 0 Å². The van der Waals surface area contributed by atoms with Gasteiger partial charge in [-0.05, 0) is 54.9 Å². The fourth-order valence-corrected chi connectivity index (χ4v) is 3.40. The third-order valence-corrected chi connectivity index (χ3v) is 4.97. The van der Waals surface area contributed by atoms with E-state index in [9.17, 15) is 18.0 Å². The zero-order valence-corrected chi connectivity index (χ0v) is 16.4. The SMILES string of the molecule is CN(CCCc1cc(-c2cccc(F)c2)n[nH]1)C(=O)c1cccnc1SC(F)F. The first kappa shape index (κ1) is 20.9. The number of aromatic nitrogens is 3. The quantitative estimate of drug-likeness (QED) is 0.540. The normalized spacial score (nSPS) is 11.1. The number of benzene rings is 1. The summed E-state index contributed by atoms with van der Waals surface area (Å²) in [5.41, 5.74) is 2.35. The molecular formula is C20H19F3N4OS. The lowest BCUT2D eigenvalue weighted by atomic mass is 10.1. The average Bonchev–Trinajstić information content (AvgIpc) is 3.16. The number of aryl methyl sites for hydroxylation is 1. The fraction of sp³-hybridized carbons (Fsp3) is 0.250. The number of nitrogens with one attached hydrogen (secondary N) is 1. The standard InChI is InChI=1S/C20H19F3N4OS/c1-27(19(28)16-8-3-9-24-18(16)29-20(22)23)10-4-7-15-12-17(26-25-15)13-5-2-6-14(21)11-13/h2-3,5-6,8-9,11-12,20H,4,7,10H2,1H3,(H,25,26). The van der Waals surface area contributed by atoms with Crippen LogP contribution >= 0.6 is 11.8 Å². The fourth-order valence-electron chi connectivity index (χ4n) is 2.83. The van der Waals surface area contributed by atoms with Crippen molar-refractivity contribution in [2.45, 2.75) is 23.6 Å². The Hall–Kier alpha value is -2.81. The molecule has 2 heterocycles. The van der Waals surface area contributed by atoms with E-state index in [1.807, 2.05) is 6.07 Å². The Bertz CT molecular complexity index is 980. The van der Waals surface area contributed by atoms with Crippen molar-refractivity contribution < 1.29 is 18.0 Å². The summed E-state index contributed by atoms with van der Waals surface area (Å²) in [5.74, 6) is -3.33. The first-order valence-corrected chi connectivity index (χ1v) is 9.77. The second kappa shape index (κ2) is 9.60. The summed E-state index contributed by atoms with van der Waals surface area (Å²) in [6.07, 6.45) is 2.66. The van der Waals surface area contributed by atoms with Crippen molar-refractivity contribution in [3.63, 3.8) is 0 Å². The second-order valence-electron chi connectivity index (χ2n) is 6.35. The van der Waals surface area contributed by atoms with Crippen molar-refractivity contribution in [1.29, 1.82) is 0 Å². The van der Waals surface area contributed by atoms with Gasteiger partial charge in [-0.3, -0.25) is 9.89 Å². The molecule has 0 aliphatic rings. The van der Waals surface area contributed by atoms with Crippen molar-refractivity contribution >= 4 is 17.7 Å². The number of thioether (sulfide) groups is 1. The van der Waals surface area contributed by atoms with E-state index in [0.29, 0.717) is 30.6 Å². The van der Waals surface area contributed by atoms with Gasteiger partial charge in [-0.25, -0.2) is 9.37 Å². The summed E-state index contributed by atoms with van der Waals surface area (Å²) in [4.78, 5) is 17.9. The molecule has 3 rings (SSSR count). The number of nitrogens with zero attached hydrogens (tertiary/aromatic N) is 3. The van der Waals surface area contributed by atoms with Crippen LogP contribution in [-0.2, 0) is 6.42 Å². The van der Waals surface area contributed by atoms with Crippen molar-refractivity contribution in [3.8, 4) is 11.3 Å². The zero-order chi connectivity index (χ0) is 20.8. The van der Waals surface area contributed by atoms with Crippen LogP contribution in [0.2, 0.25) is 0 Å². The van der Waals surface area contributed by atoms with Gasteiger partial charge in [-0.2, -0.15) is 13.9 Å². The molecule has 0 saturated heterocycles. The molecule has 0 aliphatic carbocycles. The van der Waals surface area contributed by atoms with E-state index < -0.39 is 5.76 Å². The molecule has 0 aliphatic heterocycles. The Balaban J connectivity index is 1.56. The largest absolute Gasteiger partial charge is 0.342 e. The van der Waals surface area contributed by atoms with Gasteiger partial charge in [0, 0.05) is 31.0 Å². The second-order valence-corrected chi connectivity index (χ2v) is 7.33. The maximum absolute atomic E-state index is 13.3. The molecule has 1 aromatic carbocycles. The molecule has 9 heteroatoms. The molecule has 0 fully saturated rings. The number of carbonyl (C=O) groups is 1. The summed E-state index contributed by atoms with van der Waals surface area (Å²) in [7, 11) is 1.62. The number of aromatic amines is 1. The van der Waals surface area contributed by atoms with Gasteiger partial charge in [0.15, 0.2) is 0 Å². The smallest absolute Gasteiger partial charge is 0.290 e. The van der Waals surface area contributed by atoms with Gasteiger partial charge in [0.05, 0.1) is 11.3 Å². The van der Waals surface area contributed by atoms with Crippen LogP contribution in [-0.4, -0.2) is 45.3 Å². The molecule has 0 atom stereocenters. The Morgan fingerprint density at radius 1 is 1.24 bits per heavy atom. The monoisotopic (exact) mass is 420 g/mol. The lowest BCUT2D eigenvalue weighted by Crippen LogP contribution is -2.28. The van der Waals surface area contributed by atoms with Crippen LogP contribution < -0.4 is 0 Å². The molecule has 0 spiro atoms. The number of rotatable bonds is 8. The molecule has 0 saturated carbocycles. The number of carbonyl (C=O) groups excluding carboxylic acids is 1. The number of hydrogen-bond donors (Lipinski definition) is 1. The van der Waals surface area contributed by atoms with E-state index in [-0.39, 0.29) is 34.1 Å². The lowest BCUT2D eigenvalue weighted by molar-refractivity contribution is 0.0789. The molecule has 1 amide bonds. The van der Waals surface area contributed by atoms with Crippen molar-refractivity contribution in [2.75, 3.05) is 13.6 Å². The van der Waals surface area contributed by atoms with Crippen LogP contribution in [0.25, 0.3) is 11.3 Å². The predicted molar refractivity (Wildman–Crippen MR) is 105 cm³/mol. The highest BCUT2D eigenvalue weighted by Crippen LogP contribution is 2.27. The third-order valence-electron chi connectivity index (χ3n) is 4.24. The summed E-state index contributed by atoms with van der Waals surface area (Å²) in [6, 6.07) is 11.1. The number of pyridine rings is 1. The number of alkyl halides is 2. The zero-order valence-electron chi connectivity index (χ0n) is 15.6. The van der Waals surface area contributed by atoms with E-state index in [0.717, 1.165) is 5.69 Å². The predicted octanol–water partition coefficient (Wildman–Crippen LogP) is 4.63. The highest BCUT2D eigenvalue weighted by molar-refractivity contribution is 7.99. The van der Waals surface area contributed by atoms with Crippen LogP contribution in [0.4, 0.5) is 13.2 Å². The van der Waals surface area contributed by atoms with E-state index in [1.54, 1.807) is 25.2 Å². The maximum atomic E-state index is 13.3. The average molecular weight is 420 g/mol. The topological polar surface area (TPSA) is 61.9 Å². The molecule has 0 radical (unpaired) electrons. The molecule has 2 aromatic heterocycles. The summed E-state index contributed by atoms with van der Waals surface area (Å²) >= 11 is 0.261. The minimum Gasteiger partial charge on any atom is -0.342 e. The van der Waals surface area contributed by atoms with Gasteiger partial charge < -0.3 is 4.90 Å². The Morgan fingerprint density at radius 3 is 2.83 bits per heavy atom.